The van der Waals surface area contributed by atoms with E-state index in [2.05, 4.69) is 24.9 Å². The number of nitrogens with two attached hydrogens (primary N) is 2. The van der Waals surface area contributed by atoms with Gasteiger partial charge in [0, 0.05) is 31.4 Å². The average Bonchev–Trinajstić information content (AvgIpc) is 3.30. The normalized spacial score (nSPS) is 14.8. The lowest BCUT2D eigenvalue weighted by molar-refractivity contribution is -0.0492. The molecule has 0 bridgehead atoms. The van der Waals surface area contributed by atoms with E-state index in [4.69, 9.17) is 20.7 Å². The van der Waals surface area contributed by atoms with Crippen molar-refractivity contribution in [3.63, 3.8) is 0 Å². The zero-order chi connectivity index (χ0) is 25.4. The second-order valence-electron chi connectivity index (χ2n) is 8.95. The molecule has 0 amide bonds. The Morgan fingerprint density at radius 2 is 1.86 bits per heavy atom. The number of piperidine rings is 1. The molecule has 0 atom stereocenters. The zero-order valence-electron chi connectivity index (χ0n) is 20.0. The summed E-state index contributed by atoms with van der Waals surface area (Å²) < 4.78 is 36.7. The Labute approximate surface area is 206 Å². The summed E-state index contributed by atoms with van der Waals surface area (Å²) in [5.74, 6) is 0.0125. The molecule has 36 heavy (non-hydrogen) atoms. The molecule has 9 nitrogen and oxygen atoms in total. The van der Waals surface area contributed by atoms with E-state index in [9.17, 15) is 8.78 Å². The Morgan fingerprint density at radius 3 is 2.58 bits per heavy atom. The minimum Gasteiger partial charge on any atom is -0.433 e. The summed E-state index contributed by atoms with van der Waals surface area (Å²) in [6.07, 6.45) is 3.35. The van der Waals surface area contributed by atoms with E-state index in [1.165, 1.54) is 6.07 Å². The van der Waals surface area contributed by atoms with Crippen molar-refractivity contribution in [2.45, 2.75) is 25.5 Å². The van der Waals surface area contributed by atoms with E-state index in [0.29, 0.717) is 47.5 Å². The maximum Gasteiger partial charge on any atom is 0.387 e. The van der Waals surface area contributed by atoms with Crippen LogP contribution in [0.5, 0.6) is 5.75 Å². The molecule has 0 aliphatic carbocycles. The number of fused-ring (bicyclic) bond motifs is 1. The highest BCUT2D eigenvalue weighted by Gasteiger charge is 2.27. The quantitative estimate of drug-likeness (QED) is 0.378. The molecule has 0 spiro atoms. The lowest BCUT2D eigenvalue weighted by atomic mass is 10.0. The number of benzene rings is 2. The highest BCUT2D eigenvalue weighted by molar-refractivity contribution is 5.95. The number of alkyl halides is 2. The van der Waals surface area contributed by atoms with Crippen molar-refractivity contribution < 1.29 is 18.0 Å². The summed E-state index contributed by atoms with van der Waals surface area (Å²) in [4.78, 5) is 13.3. The van der Waals surface area contributed by atoms with Gasteiger partial charge in [0.05, 0.1) is 33.7 Å². The number of nitrogen functional groups attached to an aromatic ring is 2. The molecule has 1 aliphatic heterocycles. The summed E-state index contributed by atoms with van der Waals surface area (Å²) in [5, 5.41) is 4.93. The molecule has 1 aliphatic rings. The van der Waals surface area contributed by atoms with Crippen molar-refractivity contribution in [3.8, 4) is 28.5 Å². The topological polar surface area (TPSA) is 120 Å². The van der Waals surface area contributed by atoms with Gasteiger partial charge in [0.2, 0.25) is 0 Å². The fourth-order valence-electron chi connectivity index (χ4n) is 4.68. The van der Waals surface area contributed by atoms with Gasteiger partial charge in [-0.25, -0.2) is 9.97 Å². The number of anilines is 3. The summed E-state index contributed by atoms with van der Waals surface area (Å²) in [5.41, 5.74) is 15.6. The Morgan fingerprint density at radius 1 is 1.11 bits per heavy atom. The second-order valence-corrected chi connectivity index (χ2v) is 8.95. The molecule has 2 aromatic carbocycles. The van der Waals surface area contributed by atoms with Gasteiger partial charge in [-0.2, -0.15) is 8.78 Å². The lowest BCUT2D eigenvalue weighted by Crippen LogP contribution is -2.42. The van der Waals surface area contributed by atoms with Crippen LogP contribution in [0.15, 0.2) is 47.1 Å². The number of aromatic nitrogens is 3. The molecule has 0 radical (unpaired) electrons. The summed E-state index contributed by atoms with van der Waals surface area (Å²) in [7, 11) is 4.10. The first-order chi connectivity index (χ1) is 17.3. The molecule has 2 aromatic heterocycles. The van der Waals surface area contributed by atoms with E-state index in [1.807, 2.05) is 32.3 Å². The van der Waals surface area contributed by atoms with Crippen LogP contribution in [0.3, 0.4) is 0 Å². The Hall–Kier alpha value is -3.99. The fraction of sp³-hybridized carbons (Fsp3) is 0.320. The number of rotatable bonds is 6. The summed E-state index contributed by atoms with van der Waals surface area (Å²) in [6, 6.07) is 11.0. The number of hydrogen-bond donors (Lipinski definition) is 2. The lowest BCUT2D eigenvalue weighted by Gasteiger charge is -2.37. The summed E-state index contributed by atoms with van der Waals surface area (Å²) >= 11 is 0. The predicted octanol–water partition coefficient (Wildman–Crippen LogP) is 4.25. The third kappa shape index (κ3) is 4.37. The van der Waals surface area contributed by atoms with Crippen LogP contribution in [0.1, 0.15) is 12.8 Å². The molecule has 3 heterocycles. The smallest absolute Gasteiger partial charge is 0.387 e. The molecular formula is C25H27F2N7O2. The number of hydrogen-bond acceptors (Lipinski definition) is 9. The van der Waals surface area contributed by atoms with Crippen LogP contribution < -0.4 is 21.1 Å². The molecule has 11 heteroatoms. The molecule has 188 valence electrons. The SMILES string of the molecule is CN(C)C1CCN(c2cc(OC(F)F)c(N)c(-c3nccc(-c4noc5ccccc45)n3)c2N)CC1. The minimum absolute atomic E-state index is 0.0538. The van der Waals surface area contributed by atoms with Crippen molar-refractivity contribution in [1.82, 2.24) is 20.0 Å². The van der Waals surface area contributed by atoms with E-state index in [1.54, 1.807) is 18.3 Å². The van der Waals surface area contributed by atoms with Gasteiger partial charge < -0.3 is 30.5 Å². The fourth-order valence-corrected chi connectivity index (χ4v) is 4.68. The van der Waals surface area contributed by atoms with Crippen LogP contribution >= 0.6 is 0 Å². The zero-order valence-corrected chi connectivity index (χ0v) is 20.0. The minimum atomic E-state index is -3.05. The Balaban J connectivity index is 1.60. The van der Waals surface area contributed by atoms with Crippen molar-refractivity contribution in [2.24, 2.45) is 0 Å². The third-order valence-electron chi connectivity index (χ3n) is 6.60. The van der Waals surface area contributed by atoms with E-state index >= 15 is 0 Å². The van der Waals surface area contributed by atoms with Crippen molar-refractivity contribution in [2.75, 3.05) is 43.6 Å². The van der Waals surface area contributed by atoms with Crippen LogP contribution in [0.25, 0.3) is 33.7 Å². The predicted molar refractivity (Wildman–Crippen MR) is 135 cm³/mol. The van der Waals surface area contributed by atoms with E-state index < -0.39 is 6.61 Å². The number of nitrogens with zero attached hydrogens (tertiary/aromatic N) is 5. The van der Waals surface area contributed by atoms with Crippen molar-refractivity contribution in [1.29, 1.82) is 0 Å². The van der Waals surface area contributed by atoms with Crippen molar-refractivity contribution in [3.05, 3.63) is 42.6 Å². The average molecular weight is 496 g/mol. The van der Waals surface area contributed by atoms with Crippen LogP contribution in [0, 0.1) is 0 Å². The number of halogens is 2. The molecular weight excluding hydrogens is 468 g/mol. The molecule has 0 saturated carbocycles. The van der Waals surface area contributed by atoms with Crippen LogP contribution in [0.4, 0.5) is 25.8 Å². The van der Waals surface area contributed by atoms with Gasteiger partial charge in [-0.3, -0.25) is 0 Å². The largest absolute Gasteiger partial charge is 0.433 e. The molecule has 0 unspecified atom stereocenters. The third-order valence-corrected chi connectivity index (χ3v) is 6.60. The second kappa shape index (κ2) is 9.57. The first-order valence-corrected chi connectivity index (χ1v) is 11.6. The van der Waals surface area contributed by atoms with Gasteiger partial charge in [-0.1, -0.05) is 17.3 Å². The molecule has 1 saturated heterocycles. The summed E-state index contributed by atoms with van der Waals surface area (Å²) in [6.45, 7) is -1.64. The van der Waals surface area contributed by atoms with Gasteiger partial charge >= 0.3 is 6.61 Å². The maximum absolute atomic E-state index is 13.3. The standard InChI is InChI=1S/C25H27F2N7O2/c1-33(2)14-8-11-34(12-9-14)17-13-19(35-25(26)27)22(29)20(21(17)28)24-30-10-7-16(31-24)23-15-5-3-4-6-18(15)36-32-23/h3-7,10,13-14,25H,8-9,11-12,28-29H2,1-2H3. The van der Waals surface area contributed by atoms with E-state index in [-0.39, 0.29) is 22.8 Å². The molecule has 4 N–H and O–H groups in total. The van der Waals surface area contributed by atoms with Gasteiger partial charge in [0.15, 0.2) is 17.2 Å². The molecule has 1 fully saturated rings. The van der Waals surface area contributed by atoms with Gasteiger partial charge in [-0.05, 0) is 45.1 Å². The number of ether oxygens (including phenoxy) is 1. The van der Waals surface area contributed by atoms with Gasteiger partial charge in [0.25, 0.3) is 0 Å². The van der Waals surface area contributed by atoms with Crippen LogP contribution in [-0.2, 0) is 0 Å². The maximum atomic E-state index is 13.3. The Bertz CT molecular complexity index is 1380. The Kier molecular flexibility index (Phi) is 6.31. The monoisotopic (exact) mass is 495 g/mol. The molecule has 5 rings (SSSR count). The number of para-hydroxylation sites is 1. The first-order valence-electron chi connectivity index (χ1n) is 11.6. The van der Waals surface area contributed by atoms with Crippen molar-refractivity contribution >= 4 is 28.0 Å². The van der Waals surface area contributed by atoms with Crippen LogP contribution in [0.2, 0.25) is 0 Å². The van der Waals surface area contributed by atoms with Gasteiger partial charge in [-0.15, -0.1) is 0 Å². The highest BCUT2D eigenvalue weighted by Crippen LogP contribution is 2.44. The first kappa shape index (κ1) is 23.7. The molecule has 4 aromatic rings. The van der Waals surface area contributed by atoms with Crippen LogP contribution in [-0.4, -0.2) is 59.9 Å². The van der Waals surface area contributed by atoms with Gasteiger partial charge in [0.1, 0.15) is 5.69 Å². The highest BCUT2D eigenvalue weighted by atomic mass is 19.3. The van der Waals surface area contributed by atoms with E-state index in [0.717, 1.165) is 18.2 Å².